The first kappa shape index (κ1) is 17.8. The molecule has 4 nitrogen and oxygen atoms in total. The van der Waals surface area contributed by atoms with Crippen LogP contribution in [0.2, 0.25) is 5.02 Å². The van der Waals surface area contributed by atoms with Crippen LogP contribution in [0, 0.1) is 0 Å². The topological polar surface area (TPSA) is 36.4 Å². The maximum absolute atomic E-state index is 12.5. The quantitative estimate of drug-likeness (QED) is 0.682. The molecule has 0 saturated carbocycles. The van der Waals surface area contributed by atoms with E-state index in [0.717, 1.165) is 59.9 Å². The van der Waals surface area contributed by atoms with Crippen LogP contribution < -0.4 is 4.90 Å². The van der Waals surface area contributed by atoms with Crippen molar-refractivity contribution in [3.8, 4) is 0 Å². The zero-order chi connectivity index (χ0) is 18.6. The fraction of sp³-hybridized carbons (Fsp3) is 0.273. The lowest BCUT2D eigenvalue weighted by atomic mass is 10.1. The van der Waals surface area contributed by atoms with Gasteiger partial charge in [0.15, 0.2) is 0 Å². The Hall–Kier alpha value is -2.59. The van der Waals surface area contributed by atoms with Crippen molar-refractivity contribution in [1.82, 2.24) is 9.88 Å². The van der Waals surface area contributed by atoms with Gasteiger partial charge in [-0.2, -0.15) is 0 Å². The molecule has 1 amide bonds. The number of aromatic nitrogens is 1. The molecule has 1 aliphatic heterocycles. The van der Waals surface area contributed by atoms with E-state index >= 15 is 0 Å². The van der Waals surface area contributed by atoms with E-state index in [1.165, 1.54) is 0 Å². The minimum atomic E-state index is 0.219. The third kappa shape index (κ3) is 4.22. The van der Waals surface area contributed by atoms with Crippen molar-refractivity contribution < 1.29 is 4.79 Å². The number of fused-ring (bicyclic) bond motifs is 1. The number of hydrogen-bond acceptors (Lipinski definition) is 3. The van der Waals surface area contributed by atoms with Gasteiger partial charge in [-0.3, -0.25) is 4.79 Å². The Labute approximate surface area is 164 Å². The zero-order valence-corrected chi connectivity index (χ0v) is 15.9. The lowest BCUT2D eigenvalue weighted by molar-refractivity contribution is -0.131. The van der Waals surface area contributed by atoms with Gasteiger partial charge in [-0.1, -0.05) is 41.9 Å². The van der Waals surface area contributed by atoms with Gasteiger partial charge in [0.25, 0.3) is 0 Å². The molecule has 3 aromatic rings. The van der Waals surface area contributed by atoms with Gasteiger partial charge in [0.1, 0.15) is 5.82 Å². The molecule has 5 heteroatoms. The molecule has 1 saturated heterocycles. The second kappa shape index (κ2) is 7.97. The average molecular weight is 380 g/mol. The number of benzene rings is 2. The molecule has 0 N–H and O–H groups in total. The summed E-state index contributed by atoms with van der Waals surface area (Å²) in [6.07, 6.45) is 1.29. The van der Waals surface area contributed by atoms with Crippen molar-refractivity contribution in [3.05, 3.63) is 71.2 Å². The maximum atomic E-state index is 12.5. The smallest absolute Gasteiger partial charge is 0.223 e. The number of aryl methyl sites for hydroxylation is 1. The van der Waals surface area contributed by atoms with Gasteiger partial charge in [0.2, 0.25) is 5.91 Å². The van der Waals surface area contributed by atoms with Crippen LogP contribution in [-0.2, 0) is 11.2 Å². The summed E-state index contributed by atoms with van der Waals surface area (Å²) < 4.78 is 0. The number of hydrogen-bond donors (Lipinski definition) is 0. The summed E-state index contributed by atoms with van der Waals surface area (Å²) in [6.45, 7) is 3.12. The number of rotatable bonds is 4. The van der Waals surface area contributed by atoms with E-state index in [1.54, 1.807) is 0 Å². The predicted octanol–water partition coefficient (Wildman–Crippen LogP) is 4.17. The molecule has 2 aromatic carbocycles. The molecule has 4 rings (SSSR count). The molecule has 0 unspecified atom stereocenters. The van der Waals surface area contributed by atoms with Crippen molar-refractivity contribution in [2.75, 3.05) is 31.1 Å². The Morgan fingerprint density at radius 3 is 2.44 bits per heavy atom. The van der Waals surface area contributed by atoms with Crippen LogP contribution in [0.4, 0.5) is 5.82 Å². The van der Waals surface area contributed by atoms with Crippen LogP contribution in [-0.4, -0.2) is 42.0 Å². The molecule has 0 aliphatic carbocycles. The highest BCUT2D eigenvalue weighted by Crippen LogP contribution is 2.19. The second-order valence-corrected chi connectivity index (χ2v) is 7.29. The molecule has 0 radical (unpaired) electrons. The number of pyridine rings is 1. The van der Waals surface area contributed by atoms with Gasteiger partial charge in [-0.15, -0.1) is 0 Å². The van der Waals surface area contributed by atoms with E-state index < -0.39 is 0 Å². The van der Waals surface area contributed by atoms with Crippen LogP contribution in [0.15, 0.2) is 60.7 Å². The lowest BCUT2D eigenvalue weighted by Crippen LogP contribution is -2.49. The fourth-order valence-corrected chi connectivity index (χ4v) is 3.60. The molecular weight excluding hydrogens is 358 g/mol. The number of amides is 1. The van der Waals surface area contributed by atoms with E-state index in [0.29, 0.717) is 6.42 Å². The van der Waals surface area contributed by atoms with Crippen LogP contribution >= 0.6 is 11.6 Å². The van der Waals surface area contributed by atoms with E-state index in [4.69, 9.17) is 16.6 Å². The average Bonchev–Trinajstić information content (AvgIpc) is 2.73. The van der Waals surface area contributed by atoms with Gasteiger partial charge in [-0.05, 0) is 42.3 Å². The molecule has 1 aromatic heterocycles. The number of halogens is 1. The van der Waals surface area contributed by atoms with Crippen molar-refractivity contribution in [2.45, 2.75) is 12.8 Å². The van der Waals surface area contributed by atoms with Crippen LogP contribution in [0.3, 0.4) is 0 Å². The summed E-state index contributed by atoms with van der Waals surface area (Å²) in [6, 6.07) is 20.0. The third-order valence-corrected chi connectivity index (χ3v) is 5.33. The number of nitrogens with zero attached hydrogens (tertiary/aromatic N) is 3. The Balaban J connectivity index is 1.32. The van der Waals surface area contributed by atoms with E-state index in [1.807, 2.05) is 47.4 Å². The summed E-state index contributed by atoms with van der Waals surface area (Å²) in [7, 11) is 0. The second-order valence-electron chi connectivity index (χ2n) is 6.86. The normalized spacial score (nSPS) is 14.6. The van der Waals surface area contributed by atoms with Gasteiger partial charge < -0.3 is 9.80 Å². The lowest BCUT2D eigenvalue weighted by Gasteiger charge is -2.35. The molecule has 0 atom stereocenters. The number of piperazine rings is 1. The molecular formula is C22H22ClN3O. The van der Waals surface area contributed by atoms with E-state index in [-0.39, 0.29) is 5.91 Å². The SMILES string of the molecule is O=C(CCc1ccc(Cl)cc1)N1CCN(c2ccc3ccccc3n2)CC1. The minimum Gasteiger partial charge on any atom is -0.353 e. The summed E-state index contributed by atoms with van der Waals surface area (Å²) in [4.78, 5) is 21.5. The summed E-state index contributed by atoms with van der Waals surface area (Å²) >= 11 is 5.91. The minimum absolute atomic E-state index is 0.219. The molecule has 1 fully saturated rings. The standard InChI is InChI=1S/C22H22ClN3O/c23-19-9-5-17(6-10-19)7-12-22(27)26-15-13-25(14-16-26)21-11-8-18-3-1-2-4-20(18)24-21/h1-6,8-11H,7,12-16H2. The molecule has 0 spiro atoms. The Bertz CT molecular complexity index is 934. The van der Waals surface area contributed by atoms with Crippen molar-refractivity contribution in [3.63, 3.8) is 0 Å². The predicted molar refractivity (Wildman–Crippen MR) is 110 cm³/mol. The number of carbonyl (C=O) groups is 1. The molecule has 2 heterocycles. The first-order valence-corrected chi connectivity index (χ1v) is 9.70. The summed E-state index contributed by atoms with van der Waals surface area (Å²) in [5, 5.41) is 1.88. The molecule has 138 valence electrons. The number of anilines is 1. The fourth-order valence-electron chi connectivity index (χ4n) is 3.48. The van der Waals surface area contributed by atoms with Crippen LogP contribution in [0.25, 0.3) is 10.9 Å². The van der Waals surface area contributed by atoms with Crippen molar-refractivity contribution in [1.29, 1.82) is 0 Å². The third-order valence-electron chi connectivity index (χ3n) is 5.08. The highest BCUT2D eigenvalue weighted by molar-refractivity contribution is 6.30. The van der Waals surface area contributed by atoms with Gasteiger partial charge >= 0.3 is 0 Å². The molecule has 0 bridgehead atoms. The number of carbonyl (C=O) groups excluding carboxylic acids is 1. The maximum Gasteiger partial charge on any atom is 0.223 e. The summed E-state index contributed by atoms with van der Waals surface area (Å²) in [5.74, 6) is 1.21. The zero-order valence-electron chi connectivity index (χ0n) is 15.1. The largest absolute Gasteiger partial charge is 0.353 e. The Morgan fingerprint density at radius 2 is 1.67 bits per heavy atom. The van der Waals surface area contributed by atoms with E-state index in [2.05, 4.69) is 23.1 Å². The first-order chi connectivity index (χ1) is 13.2. The summed E-state index contributed by atoms with van der Waals surface area (Å²) in [5.41, 5.74) is 2.16. The van der Waals surface area contributed by atoms with Crippen molar-refractivity contribution in [2.24, 2.45) is 0 Å². The van der Waals surface area contributed by atoms with Gasteiger partial charge in [-0.25, -0.2) is 4.98 Å². The van der Waals surface area contributed by atoms with Gasteiger partial charge in [0, 0.05) is 43.0 Å². The van der Waals surface area contributed by atoms with Gasteiger partial charge in [0.05, 0.1) is 5.52 Å². The molecule has 27 heavy (non-hydrogen) atoms. The molecule has 1 aliphatic rings. The highest BCUT2D eigenvalue weighted by atomic mass is 35.5. The Kier molecular flexibility index (Phi) is 5.26. The monoisotopic (exact) mass is 379 g/mol. The van der Waals surface area contributed by atoms with Crippen molar-refractivity contribution >= 4 is 34.2 Å². The number of para-hydroxylation sites is 1. The van der Waals surface area contributed by atoms with E-state index in [9.17, 15) is 4.79 Å². The van der Waals surface area contributed by atoms with Crippen LogP contribution in [0.5, 0.6) is 0 Å². The highest BCUT2D eigenvalue weighted by Gasteiger charge is 2.21. The van der Waals surface area contributed by atoms with Crippen LogP contribution in [0.1, 0.15) is 12.0 Å². The first-order valence-electron chi connectivity index (χ1n) is 9.32. The Morgan fingerprint density at radius 1 is 0.926 bits per heavy atom.